The van der Waals surface area contributed by atoms with Crippen molar-refractivity contribution in [2.24, 2.45) is 0 Å². The third-order valence-corrected chi connectivity index (χ3v) is 3.06. The van der Waals surface area contributed by atoms with Gasteiger partial charge in [-0.25, -0.2) is 0 Å². The first-order valence-electron chi connectivity index (χ1n) is 6.14. The zero-order chi connectivity index (χ0) is 13.0. The predicted octanol–water partition coefficient (Wildman–Crippen LogP) is 3.53. The summed E-state index contributed by atoms with van der Waals surface area (Å²) in [5.74, 6) is 0.0137. The topological polar surface area (TPSA) is 20.3 Å². The summed E-state index contributed by atoms with van der Waals surface area (Å²) in [6.45, 7) is 2.12. The fourth-order valence-electron chi connectivity index (χ4n) is 1.85. The molecule has 2 rings (SSSR count). The molecule has 92 valence electrons. The van der Waals surface area contributed by atoms with Crippen molar-refractivity contribution in [1.29, 1.82) is 0 Å². The number of amides is 1. The molecule has 0 radical (unpaired) electrons. The zero-order valence-electron chi connectivity index (χ0n) is 10.8. The molecule has 0 saturated heterocycles. The molecule has 0 aliphatic carbocycles. The van der Waals surface area contributed by atoms with E-state index < -0.39 is 0 Å². The Balaban J connectivity index is 2.20. The molecule has 18 heavy (non-hydrogen) atoms. The molecule has 2 heteroatoms. The van der Waals surface area contributed by atoms with Gasteiger partial charge in [-0.1, -0.05) is 37.3 Å². The lowest BCUT2D eigenvalue weighted by molar-refractivity contribution is 0.0993. The Hall–Kier alpha value is -2.09. The molecule has 0 heterocycles. The number of hydrogen-bond donors (Lipinski definition) is 0. The van der Waals surface area contributed by atoms with Gasteiger partial charge in [0.15, 0.2) is 0 Å². The summed E-state index contributed by atoms with van der Waals surface area (Å²) >= 11 is 0. The van der Waals surface area contributed by atoms with Crippen molar-refractivity contribution in [3.63, 3.8) is 0 Å². The van der Waals surface area contributed by atoms with E-state index in [1.165, 1.54) is 5.56 Å². The third kappa shape index (κ3) is 2.59. The summed E-state index contributed by atoms with van der Waals surface area (Å²) in [5, 5.41) is 0. The zero-order valence-corrected chi connectivity index (χ0v) is 10.8. The second-order valence-corrected chi connectivity index (χ2v) is 4.25. The van der Waals surface area contributed by atoms with Crippen molar-refractivity contribution < 1.29 is 4.79 Å². The summed E-state index contributed by atoms with van der Waals surface area (Å²) in [6, 6.07) is 17.4. The third-order valence-electron chi connectivity index (χ3n) is 3.06. The largest absolute Gasteiger partial charge is 0.311 e. The molecule has 0 spiro atoms. The highest BCUT2D eigenvalue weighted by atomic mass is 16.2. The first kappa shape index (κ1) is 12.4. The maximum Gasteiger partial charge on any atom is 0.258 e. The minimum atomic E-state index is 0.0137. The quantitative estimate of drug-likeness (QED) is 0.802. The molecule has 0 N–H and O–H groups in total. The van der Waals surface area contributed by atoms with Crippen molar-refractivity contribution in [3.05, 3.63) is 65.7 Å². The molecule has 0 aliphatic heterocycles. The highest BCUT2D eigenvalue weighted by Crippen LogP contribution is 2.16. The van der Waals surface area contributed by atoms with Crippen LogP contribution >= 0.6 is 0 Å². The maximum absolute atomic E-state index is 12.2. The molecule has 0 atom stereocenters. The van der Waals surface area contributed by atoms with Crippen LogP contribution < -0.4 is 4.90 Å². The van der Waals surface area contributed by atoms with Gasteiger partial charge in [-0.05, 0) is 36.2 Å². The van der Waals surface area contributed by atoms with Gasteiger partial charge in [0, 0.05) is 18.3 Å². The highest BCUT2D eigenvalue weighted by Gasteiger charge is 2.12. The van der Waals surface area contributed by atoms with Crippen LogP contribution in [-0.2, 0) is 6.42 Å². The van der Waals surface area contributed by atoms with Crippen LogP contribution in [-0.4, -0.2) is 13.0 Å². The minimum absolute atomic E-state index is 0.0137. The molecule has 0 fully saturated rings. The predicted molar refractivity (Wildman–Crippen MR) is 75.0 cm³/mol. The fraction of sp³-hybridized carbons (Fsp3) is 0.188. The Morgan fingerprint density at radius 2 is 1.61 bits per heavy atom. The molecule has 0 aliphatic rings. The molecule has 2 aromatic carbocycles. The number of aryl methyl sites for hydroxylation is 1. The van der Waals surface area contributed by atoms with E-state index in [-0.39, 0.29) is 5.91 Å². The summed E-state index contributed by atoms with van der Waals surface area (Å²) in [6.07, 6.45) is 1.01. The first-order chi connectivity index (χ1) is 8.72. The van der Waals surface area contributed by atoms with Crippen LogP contribution in [0, 0.1) is 0 Å². The number of nitrogens with zero attached hydrogens (tertiary/aromatic N) is 1. The monoisotopic (exact) mass is 239 g/mol. The lowest BCUT2D eigenvalue weighted by Gasteiger charge is -2.17. The van der Waals surface area contributed by atoms with Crippen LogP contribution in [0.1, 0.15) is 22.8 Å². The van der Waals surface area contributed by atoms with Crippen LogP contribution in [0.3, 0.4) is 0 Å². The van der Waals surface area contributed by atoms with Crippen molar-refractivity contribution in [1.82, 2.24) is 0 Å². The number of rotatable bonds is 3. The van der Waals surface area contributed by atoms with Crippen molar-refractivity contribution in [2.75, 3.05) is 11.9 Å². The summed E-state index contributed by atoms with van der Waals surface area (Å²) in [7, 11) is 1.80. The van der Waals surface area contributed by atoms with Gasteiger partial charge >= 0.3 is 0 Å². The van der Waals surface area contributed by atoms with Crippen LogP contribution in [0.4, 0.5) is 5.69 Å². The molecule has 1 amide bonds. The van der Waals surface area contributed by atoms with Gasteiger partial charge in [-0.15, -0.1) is 0 Å². The molecule has 0 aromatic heterocycles. The van der Waals surface area contributed by atoms with Crippen molar-refractivity contribution in [2.45, 2.75) is 13.3 Å². The fourth-order valence-corrected chi connectivity index (χ4v) is 1.85. The van der Waals surface area contributed by atoms with Gasteiger partial charge in [-0.3, -0.25) is 4.79 Å². The van der Waals surface area contributed by atoms with Crippen LogP contribution in [0.15, 0.2) is 54.6 Å². The average Bonchev–Trinajstić information content (AvgIpc) is 2.47. The maximum atomic E-state index is 12.2. The number of carbonyl (C=O) groups is 1. The van der Waals surface area contributed by atoms with Crippen LogP contribution in [0.2, 0.25) is 0 Å². The Morgan fingerprint density at radius 1 is 1.00 bits per heavy atom. The normalized spacial score (nSPS) is 10.1. The number of anilines is 1. The Bertz CT molecular complexity index is 517. The van der Waals surface area contributed by atoms with Gasteiger partial charge in [0.1, 0.15) is 0 Å². The molecular weight excluding hydrogens is 222 g/mol. The molecule has 0 bridgehead atoms. The van der Waals surface area contributed by atoms with Gasteiger partial charge in [0.25, 0.3) is 5.91 Å². The standard InChI is InChI=1S/C16H17NO/c1-3-13-9-11-15(12-10-13)17(2)16(18)14-7-5-4-6-8-14/h4-12H,3H2,1-2H3. The first-order valence-corrected chi connectivity index (χ1v) is 6.14. The number of hydrogen-bond acceptors (Lipinski definition) is 1. The van der Waals surface area contributed by atoms with Gasteiger partial charge in [0.2, 0.25) is 0 Å². The smallest absolute Gasteiger partial charge is 0.258 e. The van der Waals surface area contributed by atoms with E-state index in [0.29, 0.717) is 5.56 Å². The molecule has 2 aromatic rings. The molecular formula is C16H17NO. The van der Waals surface area contributed by atoms with Gasteiger partial charge in [0.05, 0.1) is 0 Å². The van der Waals surface area contributed by atoms with Gasteiger partial charge in [-0.2, -0.15) is 0 Å². The van der Waals surface area contributed by atoms with E-state index in [1.54, 1.807) is 11.9 Å². The van der Waals surface area contributed by atoms with Crippen molar-refractivity contribution in [3.8, 4) is 0 Å². The van der Waals surface area contributed by atoms with E-state index in [9.17, 15) is 4.79 Å². The Labute approximate surface area is 108 Å². The number of carbonyl (C=O) groups excluding carboxylic acids is 1. The van der Waals surface area contributed by atoms with E-state index in [2.05, 4.69) is 19.1 Å². The highest BCUT2D eigenvalue weighted by molar-refractivity contribution is 6.05. The molecule has 2 nitrogen and oxygen atoms in total. The second-order valence-electron chi connectivity index (χ2n) is 4.25. The van der Waals surface area contributed by atoms with E-state index in [1.807, 2.05) is 42.5 Å². The van der Waals surface area contributed by atoms with E-state index >= 15 is 0 Å². The molecule has 0 saturated carbocycles. The van der Waals surface area contributed by atoms with E-state index in [0.717, 1.165) is 12.1 Å². The lowest BCUT2D eigenvalue weighted by Crippen LogP contribution is -2.26. The summed E-state index contributed by atoms with van der Waals surface area (Å²) in [4.78, 5) is 13.9. The Kier molecular flexibility index (Phi) is 3.78. The second kappa shape index (κ2) is 5.50. The van der Waals surface area contributed by atoms with Crippen molar-refractivity contribution >= 4 is 11.6 Å². The number of benzene rings is 2. The summed E-state index contributed by atoms with van der Waals surface area (Å²) in [5.41, 5.74) is 2.90. The summed E-state index contributed by atoms with van der Waals surface area (Å²) < 4.78 is 0. The van der Waals surface area contributed by atoms with Crippen LogP contribution in [0.5, 0.6) is 0 Å². The van der Waals surface area contributed by atoms with E-state index in [4.69, 9.17) is 0 Å². The molecule has 0 unspecified atom stereocenters. The lowest BCUT2D eigenvalue weighted by atomic mass is 10.1. The Morgan fingerprint density at radius 3 is 2.17 bits per heavy atom. The van der Waals surface area contributed by atoms with Crippen LogP contribution in [0.25, 0.3) is 0 Å². The van der Waals surface area contributed by atoms with Gasteiger partial charge < -0.3 is 4.90 Å². The SMILES string of the molecule is CCc1ccc(N(C)C(=O)c2ccccc2)cc1. The average molecular weight is 239 g/mol. The minimum Gasteiger partial charge on any atom is -0.311 e.